The molecular weight excluding hydrogens is 252 g/mol. The molecule has 0 heterocycles. The monoisotopic (exact) mass is 282 g/mol. The maximum absolute atomic E-state index is 11.8. The first kappa shape index (κ1) is 15.8. The molecule has 4 nitrogen and oxygen atoms in total. The fourth-order valence-corrected chi connectivity index (χ4v) is 3.14. The molecule has 0 saturated heterocycles. The lowest BCUT2D eigenvalue weighted by Crippen LogP contribution is -2.43. The van der Waals surface area contributed by atoms with Crippen molar-refractivity contribution < 1.29 is 9.53 Å². The van der Waals surface area contributed by atoms with Gasteiger partial charge in [0.1, 0.15) is 6.04 Å². The van der Waals surface area contributed by atoms with E-state index >= 15 is 0 Å². The number of hydrogen-bond donors (Lipinski definition) is 1. The molecule has 0 aromatic carbocycles. The standard InChI is InChI=1S/C16H30N2O2/c1-12-4-8-14(9-5-12)18(2)11-10-15(16(19)20-3)17-13-6-7-13/h12-15,17H,4-11H2,1-3H3. The van der Waals surface area contributed by atoms with E-state index in [9.17, 15) is 4.79 Å². The van der Waals surface area contributed by atoms with Gasteiger partial charge in [0.2, 0.25) is 0 Å². The summed E-state index contributed by atoms with van der Waals surface area (Å²) in [6.07, 6.45) is 8.54. The van der Waals surface area contributed by atoms with Gasteiger partial charge in [0.25, 0.3) is 0 Å². The summed E-state index contributed by atoms with van der Waals surface area (Å²) in [5.74, 6) is 0.779. The van der Waals surface area contributed by atoms with Crippen LogP contribution in [-0.4, -0.2) is 49.7 Å². The van der Waals surface area contributed by atoms with Crippen LogP contribution in [0.25, 0.3) is 0 Å². The van der Waals surface area contributed by atoms with Gasteiger partial charge in [-0.3, -0.25) is 4.79 Å². The number of methoxy groups -OCH3 is 1. The zero-order valence-electron chi connectivity index (χ0n) is 13.2. The number of rotatable bonds is 7. The summed E-state index contributed by atoms with van der Waals surface area (Å²) >= 11 is 0. The number of hydrogen-bond acceptors (Lipinski definition) is 4. The van der Waals surface area contributed by atoms with Gasteiger partial charge >= 0.3 is 5.97 Å². The third-order valence-corrected chi connectivity index (χ3v) is 4.88. The van der Waals surface area contributed by atoms with Crippen LogP contribution < -0.4 is 5.32 Å². The van der Waals surface area contributed by atoms with Crippen molar-refractivity contribution in [1.82, 2.24) is 10.2 Å². The van der Waals surface area contributed by atoms with Crippen molar-refractivity contribution in [2.75, 3.05) is 20.7 Å². The third kappa shape index (κ3) is 4.74. The predicted molar refractivity (Wildman–Crippen MR) is 80.6 cm³/mol. The minimum atomic E-state index is -0.127. The average molecular weight is 282 g/mol. The highest BCUT2D eigenvalue weighted by Gasteiger charge is 2.29. The van der Waals surface area contributed by atoms with Crippen molar-refractivity contribution in [2.24, 2.45) is 5.92 Å². The normalized spacial score (nSPS) is 28.4. The first-order chi connectivity index (χ1) is 9.60. The Morgan fingerprint density at radius 1 is 1.25 bits per heavy atom. The Labute approximate surface area is 123 Å². The van der Waals surface area contributed by atoms with Crippen LogP contribution in [0.2, 0.25) is 0 Å². The quantitative estimate of drug-likeness (QED) is 0.727. The fourth-order valence-electron chi connectivity index (χ4n) is 3.14. The van der Waals surface area contributed by atoms with Crippen LogP contribution in [0.1, 0.15) is 51.9 Å². The Bertz CT molecular complexity index is 310. The predicted octanol–water partition coefficient (Wildman–Crippen LogP) is 2.18. The van der Waals surface area contributed by atoms with Crippen LogP contribution in [-0.2, 0) is 9.53 Å². The lowest BCUT2D eigenvalue weighted by molar-refractivity contribution is -0.143. The molecule has 1 unspecified atom stereocenters. The second kappa shape index (κ2) is 7.41. The number of nitrogens with one attached hydrogen (secondary N) is 1. The van der Waals surface area contributed by atoms with E-state index in [0.29, 0.717) is 12.1 Å². The summed E-state index contributed by atoms with van der Waals surface area (Å²) in [7, 11) is 3.68. The molecule has 0 bridgehead atoms. The van der Waals surface area contributed by atoms with E-state index in [1.54, 1.807) is 0 Å². The van der Waals surface area contributed by atoms with E-state index in [2.05, 4.69) is 24.2 Å². The van der Waals surface area contributed by atoms with Crippen molar-refractivity contribution in [3.05, 3.63) is 0 Å². The summed E-state index contributed by atoms with van der Waals surface area (Å²) in [6, 6.07) is 1.11. The van der Waals surface area contributed by atoms with Crippen molar-refractivity contribution in [2.45, 2.75) is 70.0 Å². The van der Waals surface area contributed by atoms with Crippen LogP contribution in [0, 0.1) is 5.92 Å². The Morgan fingerprint density at radius 2 is 1.90 bits per heavy atom. The largest absolute Gasteiger partial charge is 0.468 e. The Hall–Kier alpha value is -0.610. The van der Waals surface area contributed by atoms with E-state index < -0.39 is 0 Å². The molecule has 0 aromatic heterocycles. The summed E-state index contributed by atoms with van der Waals surface area (Å²) in [4.78, 5) is 14.2. The molecule has 0 aliphatic heterocycles. The molecule has 2 saturated carbocycles. The van der Waals surface area contributed by atoms with Crippen LogP contribution >= 0.6 is 0 Å². The van der Waals surface area contributed by atoms with Gasteiger partial charge in [0.15, 0.2) is 0 Å². The average Bonchev–Trinajstić information content (AvgIpc) is 3.27. The Balaban J connectivity index is 1.74. The highest BCUT2D eigenvalue weighted by atomic mass is 16.5. The summed E-state index contributed by atoms with van der Waals surface area (Å²) in [6.45, 7) is 3.32. The minimum Gasteiger partial charge on any atom is -0.468 e. The third-order valence-electron chi connectivity index (χ3n) is 4.88. The second-order valence-electron chi connectivity index (χ2n) is 6.70. The molecule has 20 heavy (non-hydrogen) atoms. The van der Waals surface area contributed by atoms with Gasteiger partial charge in [-0.2, -0.15) is 0 Å². The zero-order valence-corrected chi connectivity index (χ0v) is 13.2. The van der Waals surface area contributed by atoms with Crippen LogP contribution in [0.4, 0.5) is 0 Å². The minimum absolute atomic E-state index is 0.109. The number of carbonyl (C=O) groups excluding carboxylic acids is 1. The van der Waals surface area contributed by atoms with Gasteiger partial charge in [-0.15, -0.1) is 0 Å². The highest BCUT2D eigenvalue weighted by Crippen LogP contribution is 2.26. The van der Waals surface area contributed by atoms with E-state index in [4.69, 9.17) is 4.74 Å². The molecule has 1 N–H and O–H groups in total. The molecule has 0 radical (unpaired) electrons. The van der Waals surface area contributed by atoms with Crippen molar-refractivity contribution in [3.63, 3.8) is 0 Å². The Morgan fingerprint density at radius 3 is 2.45 bits per heavy atom. The van der Waals surface area contributed by atoms with E-state index in [0.717, 1.165) is 18.9 Å². The van der Waals surface area contributed by atoms with Gasteiger partial charge in [-0.05, 0) is 57.9 Å². The Kier molecular flexibility index (Phi) is 5.85. The number of ether oxygens (including phenoxy) is 1. The van der Waals surface area contributed by atoms with Crippen LogP contribution in [0.3, 0.4) is 0 Å². The van der Waals surface area contributed by atoms with Crippen LogP contribution in [0.15, 0.2) is 0 Å². The zero-order chi connectivity index (χ0) is 14.5. The van der Waals surface area contributed by atoms with Crippen LogP contribution in [0.5, 0.6) is 0 Å². The van der Waals surface area contributed by atoms with Crippen molar-refractivity contribution in [1.29, 1.82) is 0 Å². The fraction of sp³-hybridized carbons (Fsp3) is 0.938. The van der Waals surface area contributed by atoms with Gasteiger partial charge < -0.3 is 15.0 Å². The lowest BCUT2D eigenvalue weighted by atomic mass is 9.86. The first-order valence-corrected chi connectivity index (χ1v) is 8.14. The topological polar surface area (TPSA) is 41.6 Å². The molecule has 0 spiro atoms. The highest BCUT2D eigenvalue weighted by molar-refractivity contribution is 5.75. The van der Waals surface area contributed by atoms with Gasteiger partial charge in [-0.25, -0.2) is 0 Å². The molecule has 2 aliphatic rings. The number of nitrogens with zero attached hydrogens (tertiary/aromatic N) is 1. The molecule has 2 rings (SSSR count). The molecule has 1 atom stereocenters. The van der Waals surface area contributed by atoms with Crippen molar-refractivity contribution in [3.8, 4) is 0 Å². The molecule has 0 aromatic rings. The second-order valence-corrected chi connectivity index (χ2v) is 6.70. The summed E-state index contributed by atoms with van der Waals surface area (Å²) in [5, 5.41) is 3.41. The van der Waals surface area contributed by atoms with E-state index in [1.807, 2.05) is 0 Å². The van der Waals surface area contributed by atoms with E-state index in [-0.39, 0.29) is 12.0 Å². The summed E-state index contributed by atoms with van der Waals surface area (Å²) in [5.41, 5.74) is 0. The SMILES string of the molecule is COC(=O)C(CCN(C)C1CCC(C)CC1)NC1CC1. The first-order valence-electron chi connectivity index (χ1n) is 8.14. The number of esters is 1. The van der Waals surface area contributed by atoms with E-state index in [1.165, 1.54) is 45.6 Å². The van der Waals surface area contributed by atoms with Gasteiger partial charge in [0, 0.05) is 18.6 Å². The molecule has 0 amide bonds. The molecule has 116 valence electrons. The van der Waals surface area contributed by atoms with Gasteiger partial charge in [0.05, 0.1) is 7.11 Å². The van der Waals surface area contributed by atoms with Gasteiger partial charge in [-0.1, -0.05) is 6.92 Å². The smallest absolute Gasteiger partial charge is 0.322 e. The maximum atomic E-state index is 11.8. The number of carbonyl (C=O) groups is 1. The molecule has 4 heteroatoms. The molecular formula is C16H30N2O2. The maximum Gasteiger partial charge on any atom is 0.322 e. The lowest BCUT2D eigenvalue weighted by Gasteiger charge is -2.34. The van der Waals surface area contributed by atoms with Crippen molar-refractivity contribution >= 4 is 5.97 Å². The summed E-state index contributed by atoms with van der Waals surface area (Å²) < 4.78 is 4.91. The molecule has 2 fully saturated rings. The molecule has 2 aliphatic carbocycles.